The minimum Gasteiger partial charge on any atom is -0.294 e. The summed E-state index contributed by atoms with van der Waals surface area (Å²) in [6.07, 6.45) is 2.64. The van der Waals surface area contributed by atoms with E-state index < -0.39 is 11.6 Å². The zero-order chi connectivity index (χ0) is 16.4. The van der Waals surface area contributed by atoms with Crippen LogP contribution in [0, 0.1) is 11.6 Å². The molecule has 3 rings (SSSR count). The summed E-state index contributed by atoms with van der Waals surface area (Å²) in [6.45, 7) is 3.70. The summed E-state index contributed by atoms with van der Waals surface area (Å²) in [4.78, 5) is 16.7. The molecule has 0 bridgehead atoms. The highest BCUT2D eigenvalue weighted by molar-refractivity contribution is 6.15. The molecule has 1 aliphatic rings. The topological polar surface area (TPSA) is 29.4 Å². The highest BCUT2D eigenvalue weighted by Crippen LogP contribution is 2.28. The average Bonchev–Trinajstić information content (AvgIpc) is 2.55. The molecule has 1 aliphatic heterocycles. The Labute approximate surface area is 133 Å². The SMILES string of the molecule is C=Cc1ccc2c(c1)N=C(CCc1cccc(F)c1F)CC2=O. The second-order valence-corrected chi connectivity index (χ2v) is 5.47. The summed E-state index contributed by atoms with van der Waals surface area (Å²) in [6, 6.07) is 9.50. The molecule has 2 nitrogen and oxygen atoms in total. The highest BCUT2D eigenvalue weighted by atomic mass is 19.2. The van der Waals surface area contributed by atoms with Gasteiger partial charge in [-0.25, -0.2) is 8.78 Å². The number of nitrogens with zero attached hydrogens (tertiary/aromatic N) is 1. The van der Waals surface area contributed by atoms with Crippen LogP contribution in [0.4, 0.5) is 14.5 Å². The summed E-state index contributed by atoms with van der Waals surface area (Å²) in [7, 11) is 0. The number of carbonyl (C=O) groups is 1. The molecule has 0 saturated heterocycles. The largest absolute Gasteiger partial charge is 0.294 e. The van der Waals surface area contributed by atoms with Crippen LogP contribution in [0.1, 0.15) is 34.3 Å². The summed E-state index contributed by atoms with van der Waals surface area (Å²) in [5, 5.41) is 0. The first kappa shape index (κ1) is 15.3. The van der Waals surface area contributed by atoms with E-state index >= 15 is 0 Å². The van der Waals surface area contributed by atoms with E-state index in [1.807, 2.05) is 12.1 Å². The minimum absolute atomic E-state index is 0.000302. The molecule has 2 aromatic rings. The smallest absolute Gasteiger partial charge is 0.170 e. The van der Waals surface area contributed by atoms with Crippen molar-refractivity contribution in [2.24, 2.45) is 4.99 Å². The first-order valence-corrected chi connectivity index (χ1v) is 7.37. The highest BCUT2D eigenvalue weighted by Gasteiger charge is 2.20. The molecule has 0 aliphatic carbocycles. The van der Waals surface area contributed by atoms with Gasteiger partial charge in [-0.1, -0.05) is 30.9 Å². The Morgan fingerprint density at radius 2 is 2.00 bits per heavy atom. The van der Waals surface area contributed by atoms with E-state index in [4.69, 9.17) is 0 Å². The van der Waals surface area contributed by atoms with Gasteiger partial charge in [-0.2, -0.15) is 0 Å². The molecule has 4 heteroatoms. The van der Waals surface area contributed by atoms with Gasteiger partial charge in [-0.15, -0.1) is 0 Å². The molecule has 0 spiro atoms. The molecule has 0 saturated carbocycles. The van der Waals surface area contributed by atoms with Crippen molar-refractivity contribution in [3.63, 3.8) is 0 Å². The van der Waals surface area contributed by atoms with Crippen molar-refractivity contribution in [1.82, 2.24) is 0 Å². The molecule has 1 heterocycles. The molecule has 23 heavy (non-hydrogen) atoms. The Balaban J connectivity index is 1.83. The van der Waals surface area contributed by atoms with E-state index in [0.29, 0.717) is 35.4 Å². The van der Waals surface area contributed by atoms with Crippen LogP contribution < -0.4 is 0 Å². The number of aryl methyl sites for hydroxylation is 1. The fraction of sp³-hybridized carbons (Fsp3) is 0.158. The van der Waals surface area contributed by atoms with Gasteiger partial charge in [0.05, 0.1) is 5.69 Å². The second-order valence-electron chi connectivity index (χ2n) is 5.47. The van der Waals surface area contributed by atoms with Crippen molar-refractivity contribution in [2.45, 2.75) is 19.3 Å². The fourth-order valence-corrected chi connectivity index (χ4v) is 2.66. The maximum absolute atomic E-state index is 13.7. The molecule has 0 unspecified atom stereocenters. The maximum atomic E-state index is 13.7. The molecule has 0 amide bonds. The fourth-order valence-electron chi connectivity index (χ4n) is 2.66. The van der Waals surface area contributed by atoms with E-state index in [9.17, 15) is 13.6 Å². The second kappa shape index (κ2) is 6.24. The molecule has 116 valence electrons. The number of halogens is 2. The van der Waals surface area contributed by atoms with Gasteiger partial charge < -0.3 is 0 Å². The van der Waals surface area contributed by atoms with Crippen LogP contribution in [0.3, 0.4) is 0 Å². The number of benzene rings is 2. The molecule has 0 fully saturated rings. The van der Waals surface area contributed by atoms with Gasteiger partial charge in [-0.3, -0.25) is 9.79 Å². The summed E-state index contributed by atoms with van der Waals surface area (Å²) >= 11 is 0. The lowest BCUT2D eigenvalue weighted by Gasteiger charge is -2.15. The van der Waals surface area contributed by atoms with E-state index in [-0.39, 0.29) is 12.2 Å². The van der Waals surface area contributed by atoms with E-state index in [0.717, 1.165) is 11.6 Å². The molecule has 2 aromatic carbocycles. The molecule has 0 atom stereocenters. The maximum Gasteiger partial charge on any atom is 0.170 e. The summed E-state index contributed by atoms with van der Waals surface area (Å²) in [5.74, 6) is -1.69. The lowest BCUT2D eigenvalue weighted by atomic mass is 9.95. The van der Waals surface area contributed by atoms with Crippen LogP contribution in [0.15, 0.2) is 48.0 Å². The standard InChI is InChI=1S/C19H15F2NO/c1-2-12-6-9-15-17(10-12)22-14(11-18(15)23)8-7-13-4-3-5-16(20)19(13)21/h2-6,9-10H,1,7-8,11H2. The number of rotatable bonds is 4. The third-order valence-electron chi connectivity index (χ3n) is 3.92. The van der Waals surface area contributed by atoms with E-state index in [2.05, 4.69) is 11.6 Å². The van der Waals surface area contributed by atoms with Crippen LogP contribution in [0.5, 0.6) is 0 Å². The Hall–Kier alpha value is -2.62. The monoisotopic (exact) mass is 311 g/mol. The van der Waals surface area contributed by atoms with Gasteiger partial charge in [0.1, 0.15) is 0 Å². The third-order valence-corrected chi connectivity index (χ3v) is 3.92. The molecule has 0 radical (unpaired) electrons. The van der Waals surface area contributed by atoms with Gasteiger partial charge in [-0.05, 0) is 42.2 Å². The van der Waals surface area contributed by atoms with Crippen molar-refractivity contribution in [3.8, 4) is 0 Å². The van der Waals surface area contributed by atoms with Gasteiger partial charge in [0, 0.05) is 17.7 Å². The Kier molecular flexibility index (Phi) is 4.15. The Morgan fingerprint density at radius 3 is 2.78 bits per heavy atom. The zero-order valence-electron chi connectivity index (χ0n) is 12.5. The Bertz CT molecular complexity index is 824. The van der Waals surface area contributed by atoms with Crippen molar-refractivity contribution in [2.75, 3.05) is 0 Å². The van der Waals surface area contributed by atoms with Crippen LogP contribution in [-0.2, 0) is 6.42 Å². The van der Waals surface area contributed by atoms with Gasteiger partial charge in [0.2, 0.25) is 0 Å². The molecule has 0 N–H and O–H groups in total. The Morgan fingerprint density at radius 1 is 1.17 bits per heavy atom. The lowest BCUT2D eigenvalue weighted by Crippen LogP contribution is -2.14. The number of hydrogen-bond acceptors (Lipinski definition) is 2. The minimum atomic E-state index is -0.856. The van der Waals surface area contributed by atoms with Crippen LogP contribution in [0.25, 0.3) is 6.08 Å². The van der Waals surface area contributed by atoms with Crippen LogP contribution in [0.2, 0.25) is 0 Å². The third kappa shape index (κ3) is 3.11. The van der Waals surface area contributed by atoms with Crippen molar-refractivity contribution in [1.29, 1.82) is 0 Å². The number of hydrogen-bond donors (Lipinski definition) is 0. The lowest BCUT2D eigenvalue weighted by molar-refractivity contribution is 0.0999. The van der Waals surface area contributed by atoms with E-state index in [1.165, 1.54) is 6.07 Å². The van der Waals surface area contributed by atoms with Crippen molar-refractivity contribution >= 4 is 23.3 Å². The summed E-state index contributed by atoms with van der Waals surface area (Å²) in [5.41, 5.74) is 3.08. The summed E-state index contributed by atoms with van der Waals surface area (Å²) < 4.78 is 26.9. The van der Waals surface area contributed by atoms with Gasteiger partial charge in [0.25, 0.3) is 0 Å². The van der Waals surface area contributed by atoms with Crippen LogP contribution in [-0.4, -0.2) is 11.5 Å². The number of ketones is 1. The molecular formula is C19H15F2NO. The first-order chi connectivity index (χ1) is 11.1. The number of carbonyl (C=O) groups excluding carboxylic acids is 1. The van der Waals surface area contributed by atoms with Gasteiger partial charge in [0.15, 0.2) is 17.4 Å². The normalized spacial score (nSPS) is 13.5. The van der Waals surface area contributed by atoms with Crippen LogP contribution >= 0.6 is 0 Å². The quantitative estimate of drug-likeness (QED) is 0.789. The van der Waals surface area contributed by atoms with Gasteiger partial charge >= 0.3 is 0 Å². The van der Waals surface area contributed by atoms with Crippen molar-refractivity contribution in [3.05, 3.63) is 71.3 Å². The number of aliphatic imine (C=N–C) groups is 1. The molecular weight excluding hydrogens is 296 g/mol. The first-order valence-electron chi connectivity index (χ1n) is 7.37. The predicted molar refractivity (Wildman–Crippen MR) is 87.3 cm³/mol. The van der Waals surface area contributed by atoms with Crippen molar-refractivity contribution < 1.29 is 13.6 Å². The predicted octanol–water partition coefficient (Wildman–Crippen LogP) is 4.90. The molecule has 0 aromatic heterocycles. The van der Waals surface area contributed by atoms with E-state index in [1.54, 1.807) is 18.2 Å². The number of fused-ring (bicyclic) bond motifs is 1. The average molecular weight is 311 g/mol. The number of Topliss-reactive ketones (excluding diaryl/α,β-unsaturated/α-hetero) is 1. The zero-order valence-corrected chi connectivity index (χ0v) is 12.5.